The summed E-state index contributed by atoms with van der Waals surface area (Å²) in [6.07, 6.45) is 1.02. The van der Waals surface area contributed by atoms with Gasteiger partial charge in [-0.15, -0.1) is 11.3 Å². The molecule has 4 nitrogen and oxygen atoms in total. The lowest BCUT2D eigenvalue weighted by molar-refractivity contribution is -0.116. The third-order valence-electron chi connectivity index (χ3n) is 3.77. The molecule has 0 saturated heterocycles. The topological polar surface area (TPSA) is 51.2 Å². The first-order chi connectivity index (χ1) is 12.6. The SMILES string of the molecule is CCOc1ccc(CCC(=O)Nc2nc(-c3ccc(F)cc3)cs2)cc1. The van der Waals surface area contributed by atoms with Gasteiger partial charge in [0.25, 0.3) is 0 Å². The number of nitrogens with one attached hydrogen (secondary N) is 1. The number of carbonyl (C=O) groups excluding carboxylic acids is 1. The van der Waals surface area contributed by atoms with Gasteiger partial charge in [0, 0.05) is 17.4 Å². The third kappa shape index (κ3) is 4.89. The van der Waals surface area contributed by atoms with Crippen molar-refractivity contribution in [1.29, 1.82) is 0 Å². The van der Waals surface area contributed by atoms with Crippen molar-refractivity contribution in [2.75, 3.05) is 11.9 Å². The summed E-state index contributed by atoms with van der Waals surface area (Å²) in [6, 6.07) is 13.9. The van der Waals surface area contributed by atoms with E-state index < -0.39 is 0 Å². The fourth-order valence-electron chi connectivity index (χ4n) is 2.44. The molecule has 3 aromatic rings. The number of hydrogen-bond acceptors (Lipinski definition) is 4. The Balaban J connectivity index is 1.52. The quantitative estimate of drug-likeness (QED) is 0.642. The van der Waals surface area contributed by atoms with E-state index in [0.717, 1.165) is 22.6 Å². The zero-order valence-electron chi connectivity index (χ0n) is 14.4. The normalized spacial score (nSPS) is 10.5. The Hall–Kier alpha value is -2.73. The number of ether oxygens (including phenoxy) is 1. The second kappa shape index (κ2) is 8.58. The molecule has 0 aliphatic heterocycles. The smallest absolute Gasteiger partial charge is 0.226 e. The highest BCUT2D eigenvalue weighted by Gasteiger charge is 2.09. The molecule has 0 fully saturated rings. The van der Waals surface area contributed by atoms with E-state index in [2.05, 4.69) is 10.3 Å². The third-order valence-corrected chi connectivity index (χ3v) is 4.52. The number of carbonyl (C=O) groups is 1. The van der Waals surface area contributed by atoms with Gasteiger partial charge in [0.15, 0.2) is 5.13 Å². The lowest BCUT2D eigenvalue weighted by atomic mass is 10.1. The number of aryl methyl sites for hydroxylation is 1. The lowest BCUT2D eigenvalue weighted by Gasteiger charge is -2.05. The fourth-order valence-corrected chi connectivity index (χ4v) is 3.18. The van der Waals surface area contributed by atoms with Gasteiger partial charge in [0.1, 0.15) is 11.6 Å². The average Bonchev–Trinajstić information content (AvgIpc) is 3.10. The molecule has 2 aromatic carbocycles. The maximum absolute atomic E-state index is 13.0. The predicted octanol–water partition coefficient (Wildman–Crippen LogP) is 4.92. The van der Waals surface area contributed by atoms with Crippen molar-refractivity contribution < 1.29 is 13.9 Å². The maximum Gasteiger partial charge on any atom is 0.226 e. The fraction of sp³-hybridized carbons (Fsp3) is 0.200. The molecule has 1 N–H and O–H groups in total. The first kappa shape index (κ1) is 18.1. The number of nitrogens with zero attached hydrogens (tertiary/aromatic N) is 1. The van der Waals surface area contributed by atoms with E-state index in [1.807, 2.05) is 36.6 Å². The minimum Gasteiger partial charge on any atom is -0.494 e. The van der Waals surface area contributed by atoms with Crippen LogP contribution in [-0.4, -0.2) is 17.5 Å². The van der Waals surface area contributed by atoms with Crippen LogP contribution in [0.25, 0.3) is 11.3 Å². The molecule has 0 radical (unpaired) electrons. The van der Waals surface area contributed by atoms with E-state index in [4.69, 9.17) is 4.74 Å². The highest BCUT2D eigenvalue weighted by Crippen LogP contribution is 2.25. The summed E-state index contributed by atoms with van der Waals surface area (Å²) in [5.74, 6) is 0.461. The number of anilines is 1. The minimum atomic E-state index is -0.285. The number of halogens is 1. The van der Waals surface area contributed by atoms with Crippen LogP contribution in [0.1, 0.15) is 18.9 Å². The van der Waals surface area contributed by atoms with Crippen molar-refractivity contribution in [1.82, 2.24) is 4.98 Å². The second-order valence-corrected chi connectivity index (χ2v) is 6.53. The molecular formula is C20H19FN2O2S. The Morgan fingerprint density at radius 3 is 2.58 bits per heavy atom. The summed E-state index contributed by atoms with van der Waals surface area (Å²) in [5.41, 5.74) is 2.61. The summed E-state index contributed by atoms with van der Waals surface area (Å²) in [5, 5.41) is 5.20. The van der Waals surface area contributed by atoms with Gasteiger partial charge in [-0.1, -0.05) is 12.1 Å². The van der Waals surface area contributed by atoms with Crippen molar-refractivity contribution in [3.05, 3.63) is 65.3 Å². The van der Waals surface area contributed by atoms with Gasteiger partial charge in [-0.2, -0.15) is 0 Å². The molecule has 0 aliphatic rings. The molecule has 0 spiro atoms. The van der Waals surface area contributed by atoms with Crippen LogP contribution in [0.3, 0.4) is 0 Å². The van der Waals surface area contributed by atoms with Gasteiger partial charge >= 0.3 is 0 Å². The van der Waals surface area contributed by atoms with E-state index in [-0.39, 0.29) is 11.7 Å². The van der Waals surface area contributed by atoms with Crippen LogP contribution in [-0.2, 0) is 11.2 Å². The molecule has 6 heteroatoms. The average molecular weight is 370 g/mol. The first-order valence-corrected chi connectivity index (χ1v) is 9.25. The number of amides is 1. The van der Waals surface area contributed by atoms with Crippen LogP contribution in [0.15, 0.2) is 53.9 Å². The summed E-state index contributed by atoms with van der Waals surface area (Å²) >= 11 is 1.35. The zero-order chi connectivity index (χ0) is 18.4. The number of hydrogen-bond donors (Lipinski definition) is 1. The van der Waals surface area contributed by atoms with Crippen LogP contribution in [0, 0.1) is 5.82 Å². The van der Waals surface area contributed by atoms with Crippen LogP contribution in [0.4, 0.5) is 9.52 Å². The monoisotopic (exact) mass is 370 g/mol. The van der Waals surface area contributed by atoms with Crippen LogP contribution < -0.4 is 10.1 Å². The largest absolute Gasteiger partial charge is 0.494 e. The Kier molecular flexibility index (Phi) is 5.96. The predicted molar refractivity (Wildman–Crippen MR) is 102 cm³/mol. The van der Waals surface area contributed by atoms with Crippen LogP contribution in [0.5, 0.6) is 5.75 Å². The minimum absolute atomic E-state index is 0.0844. The van der Waals surface area contributed by atoms with Crippen molar-refractivity contribution in [2.24, 2.45) is 0 Å². The highest BCUT2D eigenvalue weighted by molar-refractivity contribution is 7.14. The first-order valence-electron chi connectivity index (χ1n) is 8.37. The van der Waals surface area contributed by atoms with E-state index in [1.54, 1.807) is 12.1 Å². The Morgan fingerprint density at radius 1 is 1.15 bits per heavy atom. The zero-order valence-corrected chi connectivity index (χ0v) is 15.2. The number of aromatic nitrogens is 1. The Labute approximate surface area is 155 Å². The highest BCUT2D eigenvalue weighted by atomic mass is 32.1. The van der Waals surface area contributed by atoms with Crippen LogP contribution in [0.2, 0.25) is 0 Å². The second-order valence-electron chi connectivity index (χ2n) is 5.67. The molecule has 134 valence electrons. The van der Waals surface area contributed by atoms with Gasteiger partial charge in [-0.05, 0) is 55.3 Å². The number of rotatable bonds is 7. The molecule has 0 atom stereocenters. The standard InChI is InChI=1S/C20H19FN2O2S/c1-2-25-17-10-3-14(4-11-17)5-12-19(24)23-20-22-18(13-26-20)15-6-8-16(21)9-7-15/h3-4,6-11,13H,2,5,12H2,1H3,(H,22,23,24). The van der Waals surface area contributed by atoms with Gasteiger partial charge in [0.2, 0.25) is 5.91 Å². The van der Waals surface area contributed by atoms with E-state index in [0.29, 0.717) is 24.6 Å². The Morgan fingerprint density at radius 2 is 1.88 bits per heavy atom. The molecule has 0 saturated carbocycles. The molecule has 26 heavy (non-hydrogen) atoms. The van der Waals surface area contributed by atoms with Crippen molar-refractivity contribution in [3.8, 4) is 17.0 Å². The van der Waals surface area contributed by atoms with Crippen molar-refractivity contribution in [3.63, 3.8) is 0 Å². The summed E-state index contributed by atoms with van der Waals surface area (Å²) in [7, 11) is 0. The van der Waals surface area contributed by atoms with Crippen molar-refractivity contribution in [2.45, 2.75) is 19.8 Å². The number of thiazole rings is 1. The summed E-state index contributed by atoms with van der Waals surface area (Å²) < 4.78 is 18.4. The summed E-state index contributed by atoms with van der Waals surface area (Å²) in [4.78, 5) is 16.5. The van der Waals surface area contributed by atoms with Gasteiger partial charge in [0.05, 0.1) is 12.3 Å². The molecule has 1 aromatic heterocycles. The molecular weight excluding hydrogens is 351 g/mol. The molecule has 1 amide bonds. The molecule has 0 unspecified atom stereocenters. The number of benzene rings is 2. The van der Waals surface area contributed by atoms with Crippen molar-refractivity contribution >= 4 is 22.4 Å². The van der Waals surface area contributed by atoms with Gasteiger partial charge in [-0.3, -0.25) is 4.79 Å². The molecule has 0 bridgehead atoms. The van der Waals surface area contributed by atoms with Crippen LogP contribution >= 0.6 is 11.3 Å². The van der Waals surface area contributed by atoms with E-state index in [9.17, 15) is 9.18 Å². The molecule has 0 aliphatic carbocycles. The van der Waals surface area contributed by atoms with E-state index >= 15 is 0 Å². The lowest BCUT2D eigenvalue weighted by Crippen LogP contribution is -2.12. The van der Waals surface area contributed by atoms with E-state index in [1.165, 1.54) is 23.5 Å². The molecule has 3 rings (SSSR count). The van der Waals surface area contributed by atoms with Gasteiger partial charge in [-0.25, -0.2) is 9.37 Å². The van der Waals surface area contributed by atoms with Gasteiger partial charge < -0.3 is 10.1 Å². The maximum atomic E-state index is 13.0. The summed E-state index contributed by atoms with van der Waals surface area (Å²) in [6.45, 7) is 2.58. The molecule has 1 heterocycles. The Bertz CT molecular complexity index is 860.